The highest BCUT2D eigenvalue weighted by Gasteiger charge is 2.14. The van der Waals surface area contributed by atoms with Gasteiger partial charge >= 0.3 is 0 Å². The summed E-state index contributed by atoms with van der Waals surface area (Å²) >= 11 is 0. The van der Waals surface area contributed by atoms with Crippen molar-refractivity contribution in [1.29, 1.82) is 0 Å². The van der Waals surface area contributed by atoms with Gasteiger partial charge in [0.05, 0.1) is 5.54 Å². The van der Waals surface area contributed by atoms with Crippen LogP contribution in [0.3, 0.4) is 0 Å². The quantitative estimate of drug-likeness (QED) is 0.763. The van der Waals surface area contributed by atoms with Gasteiger partial charge in [0.15, 0.2) is 0 Å². The molecule has 0 spiro atoms. The third-order valence-electron chi connectivity index (χ3n) is 2.80. The Morgan fingerprint density at radius 3 is 2.41 bits per heavy atom. The summed E-state index contributed by atoms with van der Waals surface area (Å²) in [6, 6.07) is 1.92. The first-order valence-corrected chi connectivity index (χ1v) is 6.38. The first-order chi connectivity index (χ1) is 7.97. The first kappa shape index (κ1) is 14.0. The molecule has 0 saturated heterocycles. The molecular weight excluding hydrogens is 214 g/mol. The molecule has 0 saturated carbocycles. The SMILES string of the molecule is CCN(CC)CCOc1ccn(C(C)(C)C)n1. The zero-order valence-electron chi connectivity index (χ0n) is 11.7. The van der Waals surface area contributed by atoms with Gasteiger partial charge in [-0.2, -0.15) is 0 Å². The minimum Gasteiger partial charge on any atom is -0.475 e. The lowest BCUT2D eigenvalue weighted by Crippen LogP contribution is -2.28. The average molecular weight is 239 g/mol. The molecule has 1 rings (SSSR count). The Kier molecular flexibility index (Phi) is 5.00. The van der Waals surface area contributed by atoms with Gasteiger partial charge in [0, 0.05) is 18.8 Å². The van der Waals surface area contributed by atoms with Crippen molar-refractivity contribution in [3.63, 3.8) is 0 Å². The van der Waals surface area contributed by atoms with Crippen LogP contribution in [0.5, 0.6) is 5.88 Å². The maximum absolute atomic E-state index is 5.64. The topological polar surface area (TPSA) is 30.3 Å². The summed E-state index contributed by atoms with van der Waals surface area (Å²) in [7, 11) is 0. The molecule has 1 aromatic rings. The summed E-state index contributed by atoms with van der Waals surface area (Å²) in [6.07, 6.45) is 1.97. The van der Waals surface area contributed by atoms with Crippen LogP contribution in [0, 0.1) is 0 Å². The van der Waals surface area contributed by atoms with Crippen LogP contribution in [0.2, 0.25) is 0 Å². The molecule has 0 unspecified atom stereocenters. The number of hydrogen-bond acceptors (Lipinski definition) is 3. The molecule has 0 aromatic carbocycles. The van der Waals surface area contributed by atoms with Crippen molar-refractivity contribution in [2.45, 2.75) is 40.2 Å². The average Bonchev–Trinajstić information content (AvgIpc) is 2.73. The van der Waals surface area contributed by atoms with Crippen molar-refractivity contribution in [1.82, 2.24) is 14.7 Å². The Balaban J connectivity index is 2.40. The number of hydrogen-bond donors (Lipinski definition) is 0. The largest absolute Gasteiger partial charge is 0.475 e. The van der Waals surface area contributed by atoms with Crippen LogP contribution in [-0.2, 0) is 5.54 Å². The molecule has 0 atom stereocenters. The van der Waals surface area contributed by atoms with Crippen LogP contribution in [-0.4, -0.2) is 40.9 Å². The zero-order valence-corrected chi connectivity index (χ0v) is 11.7. The molecule has 17 heavy (non-hydrogen) atoms. The van der Waals surface area contributed by atoms with Crippen LogP contribution < -0.4 is 4.74 Å². The highest BCUT2D eigenvalue weighted by molar-refractivity contribution is 5.06. The van der Waals surface area contributed by atoms with E-state index in [0.29, 0.717) is 12.5 Å². The molecule has 4 nitrogen and oxygen atoms in total. The summed E-state index contributed by atoms with van der Waals surface area (Å²) in [5.74, 6) is 0.715. The molecule has 0 aliphatic rings. The summed E-state index contributed by atoms with van der Waals surface area (Å²) in [5.41, 5.74) is 0.0144. The van der Waals surface area contributed by atoms with Crippen molar-refractivity contribution in [2.24, 2.45) is 0 Å². The molecule has 0 N–H and O–H groups in total. The third-order valence-corrected chi connectivity index (χ3v) is 2.80. The van der Waals surface area contributed by atoms with Crippen LogP contribution in [0.4, 0.5) is 0 Å². The fourth-order valence-corrected chi connectivity index (χ4v) is 1.58. The smallest absolute Gasteiger partial charge is 0.232 e. The Morgan fingerprint density at radius 2 is 1.94 bits per heavy atom. The molecule has 98 valence electrons. The lowest BCUT2D eigenvalue weighted by molar-refractivity contribution is 0.214. The minimum atomic E-state index is 0.0144. The maximum atomic E-state index is 5.64. The molecule has 1 aromatic heterocycles. The lowest BCUT2D eigenvalue weighted by Gasteiger charge is -2.19. The minimum absolute atomic E-state index is 0.0144. The predicted octanol–water partition coefficient (Wildman–Crippen LogP) is 2.36. The van der Waals surface area contributed by atoms with E-state index in [9.17, 15) is 0 Å². The number of rotatable bonds is 6. The van der Waals surface area contributed by atoms with Gasteiger partial charge in [-0.25, -0.2) is 0 Å². The zero-order chi connectivity index (χ0) is 12.9. The fraction of sp³-hybridized carbons (Fsp3) is 0.769. The van der Waals surface area contributed by atoms with Crippen LogP contribution in [0.25, 0.3) is 0 Å². The predicted molar refractivity (Wildman–Crippen MR) is 70.5 cm³/mol. The van der Waals surface area contributed by atoms with Gasteiger partial charge in [0.25, 0.3) is 0 Å². The van der Waals surface area contributed by atoms with Crippen molar-refractivity contribution in [3.05, 3.63) is 12.3 Å². The van der Waals surface area contributed by atoms with Crippen molar-refractivity contribution < 1.29 is 4.74 Å². The van der Waals surface area contributed by atoms with Crippen LogP contribution >= 0.6 is 0 Å². The fourth-order valence-electron chi connectivity index (χ4n) is 1.58. The summed E-state index contributed by atoms with van der Waals surface area (Å²) < 4.78 is 7.57. The maximum Gasteiger partial charge on any atom is 0.232 e. The van der Waals surface area contributed by atoms with E-state index in [2.05, 4.69) is 44.6 Å². The van der Waals surface area contributed by atoms with Gasteiger partial charge in [-0.1, -0.05) is 13.8 Å². The van der Waals surface area contributed by atoms with E-state index >= 15 is 0 Å². The van der Waals surface area contributed by atoms with Crippen LogP contribution in [0.15, 0.2) is 12.3 Å². The Morgan fingerprint density at radius 1 is 1.29 bits per heavy atom. The van der Waals surface area contributed by atoms with E-state index in [1.807, 2.05) is 16.9 Å². The van der Waals surface area contributed by atoms with Gasteiger partial charge < -0.3 is 9.64 Å². The van der Waals surface area contributed by atoms with Crippen molar-refractivity contribution >= 4 is 0 Å². The molecule has 0 radical (unpaired) electrons. The van der Waals surface area contributed by atoms with E-state index < -0.39 is 0 Å². The van der Waals surface area contributed by atoms with Gasteiger partial charge in [-0.05, 0) is 33.9 Å². The summed E-state index contributed by atoms with van der Waals surface area (Å²) in [5, 5.41) is 4.41. The summed E-state index contributed by atoms with van der Waals surface area (Å²) in [4.78, 5) is 2.33. The first-order valence-electron chi connectivity index (χ1n) is 6.38. The highest BCUT2D eigenvalue weighted by atomic mass is 16.5. The van der Waals surface area contributed by atoms with E-state index in [-0.39, 0.29) is 5.54 Å². The molecular formula is C13H25N3O. The molecule has 0 bridgehead atoms. The Labute approximate surface area is 105 Å². The normalized spacial score (nSPS) is 12.1. The van der Waals surface area contributed by atoms with Gasteiger partial charge in [0.2, 0.25) is 5.88 Å². The summed E-state index contributed by atoms with van der Waals surface area (Å²) in [6.45, 7) is 14.5. The van der Waals surface area contributed by atoms with Crippen molar-refractivity contribution in [3.8, 4) is 5.88 Å². The number of aromatic nitrogens is 2. The second-order valence-corrected chi connectivity index (χ2v) is 5.14. The standard InChI is InChI=1S/C13H25N3O/c1-6-15(7-2)10-11-17-12-8-9-16(14-12)13(3,4)5/h8-9H,6-7,10-11H2,1-5H3. The van der Waals surface area contributed by atoms with E-state index in [1.165, 1.54) is 0 Å². The second-order valence-electron chi connectivity index (χ2n) is 5.14. The van der Waals surface area contributed by atoms with Gasteiger partial charge in [-0.3, -0.25) is 4.68 Å². The molecule has 4 heteroatoms. The molecule has 0 fully saturated rings. The monoisotopic (exact) mass is 239 g/mol. The van der Waals surface area contributed by atoms with E-state index in [1.54, 1.807) is 0 Å². The van der Waals surface area contributed by atoms with Crippen molar-refractivity contribution in [2.75, 3.05) is 26.2 Å². The lowest BCUT2D eigenvalue weighted by atomic mass is 10.1. The second kappa shape index (κ2) is 6.05. The van der Waals surface area contributed by atoms with E-state index in [4.69, 9.17) is 4.74 Å². The number of likely N-dealkylation sites (N-methyl/N-ethyl adjacent to an activating group) is 1. The third kappa shape index (κ3) is 4.38. The molecule has 1 heterocycles. The number of nitrogens with zero attached hydrogens (tertiary/aromatic N) is 3. The molecule has 0 amide bonds. The van der Waals surface area contributed by atoms with E-state index in [0.717, 1.165) is 19.6 Å². The highest BCUT2D eigenvalue weighted by Crippen LogP contribution is 2.15. The van der Waals surface area contributed by atoms with Crippen LogP contribution in [0.1, 0.15) is 34.6 Å². The van der Waals surface area contributed by atoms with Gasteiger partial charge in [-0.15, -0.1) is 5.10 Å². The number of ether oxygens (including phenoxy) is 1. The Bertz CT molecular complexity index is 324. The Hall–Kier alpha value is -1.03. The van der Waals surface area contributed by atoms with Gasteiger partial charge in [0.1, 0.15) is 6.61 Å². The molecule has 0 aliphatic heterocycles. The molecule has 0 aliphatic carbocycles.